The van der Waals surface area contributed by atoms with Crippen molar-refractivity contribution in [2.75, 3.05) is 13.7 Å². The second-order valence-corrected chi connectivity index (χ2v) is 6.45. The molecule has 0 aromatic carbocycles. The lowest BCUT2D eigenvalue weighted by Gasteiger charge is -2.21. The molecule has 1 fully saturated rings. The first-order valence-corrected chi connectivity index (χ1v) is 8.39. The minimum absolute atomic E-state index is 0.105. The molecule has 20 heavy (non-hydrogen) atoms. The van der Waals surface area contributed by atoms with Crippen molar-refractivity contribution in [3.8, 4) is 10.6 Å². The summed E-state index contributed by atoms with van der Waals surface area (Å²) in [6.07, 6.45) is 1.93. The first-order chi connectivity index (χ1) is 9.78. The Morgan fingerprint density at radius 3 is 3.20 bits per heavy atom. The van der Waals surface area contributed by atoms with Crippen LogP contribution in [-0.4, -0.2) is 35.5 Å². The second-order valence-electron chi connectivity index (χ2n) is 4.81. The van der Waals surface area contributed by atoms with E-state index in [1.54, 1.807) is 22.7 Å². The predicted molar refractivity (Wildman–Crippen MR) is 80.9 cm³/mol. The van der Waals surface area contributed by atoms with Gasteiger partial charge in [0.05, 0.1) is 12.8 Å². The van der Waals surface area contributed by atoms with Crippen molar-refractivity contribution in [2.45, 2.75) is 25.4 Å². The van der Waals surface area contributed by atoms with Crippen LogP contribution in [0.2, 0.25) is 0 Å². The van der Waals surface area contributed by atoms with Crippen LogP contribution in [0.25, 0.3) is 10.6 Å². The fourth-order valence-corrected chi connectivity index (χ4v) is 4.05. The molecule has 0 saturated carbocycles. The number of esters is 1. The Morgan fingerprint density at radius 2 is 2.45 bits per heavy atom. The molecule has 0 radical (unpaired) electrons. The number of nitrogens with zero attached hydrogens (tertiary/aromatic N) is 2. The Hall–Kier alpha value is -1.24. The minimum atomic E-state index is -0.129. The van der Waals surface area contributed by atoms with Gasteiger partial charge in [-0.15, -0.1) is 11.3 Å². The highest BCUT2D eigenvalue weighted by Gasteiger charge is 2.31. The van der Waals surface area contributed by atoms with Crippen LogP contribution < -0.4 is 0 Å². The molecule has 4 nitrogen and oxygen atoms in total. The third-order valence-corrected chi connectivity index (χ3v) is 5.15. The van der Waals surface area contributed by atoms with E-state index in [1.165, 1.54) is 12.7 Å². The fourth-order valence-electron chi connectivity index (χ4n) is 2.52. The summed E-state index contributed by atoms with van der Waals surface area (Å²) in [4.78, 5) is 18.6. The van der Waals surface area contributed by atoms with Crippen molar-refractivity contribution in [3.63, 3.8) is 0 Å². The van der Waals surface area contributed by atoms with Gasteiger partial charge in [-0.2, -0.15) is 11.3 Å². The molecule has 1 aliphatic heterocycles. The maximum Gasteiger partial charge on any atom is 0.323 e. The predicted octanol–water partition coefficient (Wildman–Crippen LogP) is 3.01. The molecule has 0 bridgehead atoms. The van der Waals surface area contributed by atoms with Gasteiger partial charge in [-0.05, 0) is 30.8 Å². The van der Waals surface area contributed by atoms with E-state index in [0.29, 0.717) is 0 Å². The number of aromatic nitrogens is 1. The van der Waals surface area contributed by atoms with Crippen molar-refractivity contribution in [2.24, 2.45) is 0 Å². The summed E-state index contributed by atoms with van der Waals surface area (Å²) in [5, 5.41) is 7.30. The third-order valence-electron chi connectivity index (χ3n) is 3.52. The monoisotopic (exact) mass is 308 g/mol. The number of carbonyl (C=O) groups is 1. The van der Waals surface area contributed by atoms with E-state index in [-0.39, 0.29) is 12.0 Å². The van der Waals surface area contributed by atoms with Crippen molar-refractivity contribution < 1.29 is 9.53 Å². The van der Waals surface area contributed by atoms with E-state index < -0.39 is 0 Å². The number of rotatable bonds is 4. The van der Waals surface area contributed by atoms with Gasteiger partial charge in [0.1, 0.15) is 11.0 Å². The maximum absolute atomic E-state index is 11.7. The molecule has 1 atom stereocenters. The number of likely N-dealkylation sites (tertiary alicyclic amines) is 1. The van der Waals surface area contributed by atoms with Gasteiger partial charge >= 0.3 is 5.97 Å². The van der Waals surface area contributed by atoms with Gasteiger partial charge in [0, 0.05) is 22.9 Å². The Labute approximate surface area is 126 Å². The van der Waals surface area contributed by atoms with Gasteiger partial charge in [0.2, 0.25) is 0 Å². The summed E-state index contributed by atoms with van der Waals surface area (Å²) in [5.74, 6) is -0.129. The molecule has 0 amide bonds. The van der Waals surface area contributed by atoms with E-state index in [9.17, 15) is 4.79 Å². The first-order valence-electron chi connectivity index (χ1n) is 6.57. The lowest BCUT2D eigenvalue weighted by atomic mass is 10.2. The van der Waals surface area contributed by atoms with Crippen molar-refractivity contribution in [3.05, 3.63) is 27.9 Å². The number of hydrogen-bond acceptors (Lipinski definition) is 6. The average Bonchev–Trinajstić information content (AvgIpc) is 3.19. The topological polar surface area (TPSA) is 42.4 Å². The largest absolute Gasteiger partial charge is 0.468 e. The number of hydrogen-bond donors (Lipinski definition) is 0. The summed E-state index contributed by atoms with van der Waals surface area (Å²) in [6.45, 7) is 1.66. The molecule has 0 aliphatic carbocycles. The molecule has 1 saturated heterocycles. The van der Waals surface area contributed by atoms with E-state index in [4.69, 9.17) is 4.74 Å². The Bertz CT molecular complexity index is 580. The SMILES string of the molecule is COC(=O)C1CCCN1Cc1csc(-c2ccsc2)n1. The van der Waals surface area contributed by atoms with Crippen LogP contribution in [-0.2, 0) is 16.1 Å². The standard InChI is InChI=1S/C14H16N2O2S2/c1-18-14(17)12-3-2-5-16(12)7-11-9-20-13(15-11)10-4-6-19-8-10/h4,6,8-9,12H,2-3,5,7H2,1H3. The van der Waals surface area contributed by atoms with Crippen LogP contribution in [0.3, 0.4) is 0 Å². The highest BCUT2D eigenvalue weighted by atomic mass is 32.1. The van der Waals surface area contributed by atoms with E-state index in [0.717, 1.165) is 36.6 Å². The Balaban J connectivity index is 1.70. The molecule has 2 aromatic rings. The van der Waals surface area contributed by atoms with E-state index in [2.05, 4.69) is 32.1 Å². The summed E-state index contributed by atoms with van der Waals surface area (Å²) in [7, 11) is 1.45. The highest BCUT2D eigenvalue weighted by Crippen LogP contribution is 2.27. The average molecular weight is 308 g/mol. The van der Waals surface area contributed by atoms with Gasteiger partial charge in [0.15, 0.2) is 0 Å². The van der Waals surface area contributed by atoms with Crippen molar-refractivity contribution >= 4 is 28.6 Å². The fraction of sp³-hybridized carbons (Fsp3) is 0.429. The van der Waals surface area contributed by atoms with Crippen molar-refractivity contribution in [1.29, 1.82) is 0 Å². The van der Waals surface area contributed by atoms with Gasteiger partial charge in [-0.3, -0.25) is 9.69 Å². The molecule has 3 rings (SSSR count). The van der Waals surface area contributed by atoms with Gasteiger partial charge < -0.3 is 4.74 Å². The molecule has 0 N–H and O–H groups in total. The molecule has 2 aromatic heterocycles. The Morgan fingerprint density at radius 1 is 1.55 bits per heavy atom. The zero-order chi connectivity index (χ0) is 13.9. The number of thiophene rings is 1. The molecule has 1 unspecified atom stereocenters. The summed E-state index contributed by atoms with van der Waals surface area (Å²) >= 11 is 3.34. The quantitative estimate of drug-likeness (QED) is 0.814. The molecule has 0 spiro atoms. The van der Waals surface area contributed by atoms with Crippen LogP contribution in [0.1, 0.15) is 18.5 Å². The van der Waals surface area contributed by atoms with Crippen molar-refractivity contribution in [1.82, 2.24) is 9.88 Å². The second kappa shape index (κ2) is 6.03. The lowest BCUT2D eigenvalue weighted by Crippen LogP contribution is -2.36. The number of ether oxygens (including phenoxy) is 1. The number of carbonyl (C=O) groups excluding carboxylic acids is 1. The smallest absolute Gasteiger partial charge is 0.323 e. The normalized spacial score (nSPS) is 19.4. The summed E-state index contributed by atoms with van der Waals surface area (Å²) in [5.41, 5.74) is 2.21. The van der Waals surface area contributed by atoms with Gasteiger partial charge in [-0.1, -0.05) is 0 Å². The van der Waals surface area contributed by atoms with Crippen LogP contribution in [0.5, 0.6) is 0 Å². The highest BCUT2D eigenvalue weighted by molar-refractivity contribution is 7.14. The van der Waals surface area contributed by atoms with Crippen LogP contribution in [0.15, 0.2) is 22.2 Å². The molecular formula is C14H16N2O2S2. The summed E-state index contributed by atoms with van der Waals surface area (Å²) < 4.78 is 4.87. The molecule has 3 heterocycles. The Kier molecular flexibility index (Phi) is 4.14. The van der Waals surface area contributed by atoms with Gasteiger partial charge in [-0.25, -0.2) is 4.98 Å². The molecule has 6 heteroatoms. The van der Waals surface area contributed by atoms with E-state index in [1.807, 2.05) is 0 Å². The third kappa shape index (κ3) is 2.77. The first kappa shape index (κ1) is 13.7. The van der Waals surface area contributed by atoms with E-state index >= 15 is 0 Å². The molecule has 1 aliphatic rings. The van der Waals surface area contributed by atoms with Crippen LogP contribution >= 0.6 is 22.7 Å². The zero-order valence-electron chi connectivity index (χ0n) is 11.2. The minimum Gasteiger partial charge on any atom is -0.468 e. The zero-order valence-corrected chi connectivity index (χ0v) is 12.9. The van der Waals surface area contributed by atoms with Gasteiger partial charge in [0.25, 0.3) is 0 Å². The van der Waals surface area contributed by atoms with Crippen LogP contribution in [0, 0.1) is 0 Å². The maximum atomic E-state index is 11.7. The lowest BCUT2D eigenvalue weighted by molar-refractivity contribution is -0.146. The van der Waals surface area contributed by atoms with Crippen LogP contribution in [0.4, 0.5) is 0 Å². The molecular weight excluding hydrogens is 292 g/mol. The molecule has 106 valence electrons. The summed E-state index contributed by atoms with van der Waals surface area (Å²) in [6, 6.07) is 1.98. The number of methoxy groups -OCH3 is 1. The number of thiazole rings is 1.